The van der Waals surface area contributed by atoms with Gasteiger partial charge in [0.05, 0.1) is 5.25 Å². The van der Waals surface area contributed by atoms with Crippen LogP contribution in [0.4, 0.5) is 0 Å². The van der Waals surface area contributed by atoms with E-state index in [0.717, 1.165) is 37.7 Å². The van der Waals surface area contributed by atoms with Crippen LogP contribution in [0.15, 0.2) is 6.20 Å². The molecule has 2 heterocycles. The molecule has 5 heteroatoms. The van der Waals surface area contributed by atoms with Gasteiger partial charge in [-0.1, -0.05) is 6.92 Å². The molecule has 1 aromatic rings. The van der Waals surface area contributed by atoms with E-state index in [1.807, 2.05) is 23.5 Å². The monoisotopic (exact) mass is 323 g/mol. The molecule has 2 unspecified atom stereocenters. The van der Waals surface area contributed by atoms with E-state index in [9.17, 15) is 0 Å². The summed E-state index contributed by atoms with van der Waals surface area (Å²) in [4.78, 5) is 9.58. The Hall–Kier alpha value is -0.260. The number of aromatic nitrogens is 2. The Kier molecular flexibility index (Phi) is 5.83. The molecule has 0 bridgehead atoms. The smallest absolute Gasteiger partial charge is 0.142 e. The van der Waals surface area contributed by atoms with Gasteiger partial charge in [0.15, 0.2) is 0 Å². The van der Waals surface area contributed by atoms with E-state index >= 15 is 0 Å². The summed E-state index contributed by atoms with van der Waals surface area (Å²) in [6.45, 7) is 4.50. The van der Waals surface area contributed by atoms with E-state index < -0.39 is 0 Å². The van der Waals surface area contributed by atoms with Crippen LogP contribution in [0.25, 0.3) is 0 Å². The van der Waals surface area contributed by atoms with Crippen molar-refractivity contribution < 1.29 is 0 Å². The standard InChI is InChI=1S/C16H25N3S2/c1-2-5-17-9-12-3-4-14-13(8-12)10-18-16(19-14)15-11-20-6-7-21-15/h10,12,15,17H,2-9,11H2,1H3. The third-order valence-electron chi connectivity index (χ3n) is 4.23. The highest BCUT2D eigenvalue weighted by atomic mass is 32.2. The first-order valence-electron chi connectivity index (χ1n) is 8.11. The van der Waals surface area contributed by atoms with Crippen molar-refractivity contribution in [2.45, 2.75) is 37.9 Å². The van der Waals surface area contributed by atoms with E-state index in [2.05, 4.69) is 23.4 Å². The molecule has 2 aliphatic rings. The van der Waals surface area contributed by atoms with Crippen LogP contribution in [0.3, 0.4) is 0 Å². The summed E-state index contributed by atoms with van der Waals surface area (Å²) in [5.74, 6) is 5.53. The van der Waals surface area contributed by atoms with Crippen molar-refractivity contribution in [1.82, 2.24) is 15.3 Å². The second kappa shape index (κ2) is 7.84. The van der Waals surface area contributed by atoms with Gasteiger partial charge in [-0.15, -0.1) is 11.8 Å². The molecule has 0 saturated carbocycles. The predicted molar refractivity (Wildman–Crippen MR) is 93.2 cm³/mol. The number of hydrogen-bond acceptors (Lipinski definition) is 5. The molecule has 3 nitrogen and oxygen atoms in total. The van der Waals surface area contributed by atoms with Gasteiger partial charge in [-0.3, -0.25) is 0 Å². The number of fused-ring (bicyclic) bond motifs is 1. The lowest BCUT2D eigenvalue weighted by atomic mass is 9.87. The molecule has 1 aliphatic carbocycles. The van der Waals surface area contributed by atoms with Crippen LogP contribution in [0.5, 0.6) is 0 Å². The maximum atomic E-state index is 4.90. The van der Waals surface area contributed by atoms with Crippen molar-refractivity contribution in [2.24, 2.45) is 5.92 Å². The summed E-state index contributed by atoms with van der Waals surface area (Å²) in [6, 6.07) is 0. The minimum atomic E-state index is 0.512. The Labute approximate surface area is 136 Å². The van der Waals surface area contributed by atoms with Gasteiger partial charge < -0.3 is 5.32 Å². The fourth-order valence-electron chi connectivity index (χ4n) is 3.05. The maximum Gasteiger partial charge on any atom is 0.142 e. The highest BCUT2D eigenvalue weighted by Gasteiger charge is 2.24. The van der Waals surface area contributed by atoms with E-state index in [-0.39, 0.29) is 0 Å². The summed E-state index contributed by atoms with van der Waals surface area (Å²) in [6.07, 6.45) is 6.88. The van der Waals surface area contributed by atoms with Crippen molar-refractivity contribution in [1.29, 1.82) is 0 Å². The predicted octanol–water partition coefficient (Wildman–Crippen LogP) is 3.10. The van der Waals surface area contributed by atoms with E-state index in [1.165, 1.54) is 41.4 Å². The van der Waals surface area contributed by atoms with Crippen LogP contribution in [0.1, 0.15) is 42.1 Å². The molecule has 1 saturated heterocycles. The normalized spacial score (nSPS) is 25.6. The molecular weight excluding hydrogens is 298 g/mol. The van der Waals surface area contributed by atoms with Gasteiger partial charge in [0, 0.05) is 29.1 Å². The largest absolute Gasteiger partial charge is 0.316 e. The van der Waals surface area contributed by atoms with Gasteiger partial charge in [-0.05, 0) is 50.3 Å². The molecule has 3 rings (SSSR count). The van der Waals surface area contributed by atoms with Crippen LogP contribution in [-0.2, 0) is 12.8 Å². The summed E-state index contributed by atoms with van der Waals surface area (Å²) in [5, 5.41) is 4.06. The number of thioether (sulfide) groups is 2. The van der Waals surface area contributed by atoms with Gasteiger partial charge >= 0.3 is 0 Å². The first-order valence-corrected chi connectivity index (χ1v) is 10.3. The Morgan fingerprint density at radius 3 is 3.14 bits per heavy atom. The van der Waals surface area contributed by atoms with Gasteiger partial charge in [0.2, 0.25) is 0 Å². The van der Waals surface area contributed by atoms with Crippen LogP contribution >= 0.6 is 23.5 Å². The number of hydrogen-bond donors (Lipinski definition) is 1. The minimum Gasteiger partial charge on any atom is -0.316 e. The van der Waals surface area contributed by atoms with Crippen molar-refractivity contribution in [3.63, 3.8) is 0 Å². The molecule has 1 aromatic heterocycles. The second-order valence-corrected chi connectivity index (χ2v) is 8.41. The molecule has 1 fully saturated rings. The van der Waals surface area contributed by atoms with Gasteiger partial charge in [0.1, 0.15) is 5.82 Å². The molecular formula is C16H25N3S2. The highest BCUT2D eigenvalue weighted by Crippen LogP contribution is 2.35. The molecule has 2 atom stereocenters. The number of nitrogens with one attached hydrogen (secondary N) is 1. The van der Waals surface area contributed by atoms with Gasteiger partial charge in [0.25, 0.3) is 0 Å². The first kappa shape index (κ1) is 15.6. The zero-order valence-corrected chi connectivity index (χ0v) is 14.4. The molecule has 116 valence electrons. The lowest BCUT2D eigenvalue weighted by Gasteiger charge is -2.26. The zero-order chi connectivity index (χ0) is 14.5. The van der Waals surface area contributed by atoms with Crippen molar-refractivity contribution in [3.8, 4) is 0 Å². The molecule has 21 heavy (non-hydrogen) atoms. The van der Waals surface area contributed by atoms with Gasteiger partial charge in [-0.2, -0.15) is 11.8 Å². The van der Waals surface area contributed by atoms with Crippen molar-refractivity contribution in [2.75, 3.05) is 30.3 Å². The molecule has 0 radical (unpaired) electrons. The van der Waals surface area contributed by atoms with Crippen LogP contribution < -0.4 is 5.32 Å². The Morgan fingerprint density at radius 1 is 1.38 bits per heavy atom. The molecule has 0 spiro atoms. The lowest BCUT2D eigenvalue weighted by Crippen LogP contribution is -2.28. The first-order chi connectivity index (χ1) is 10.4. The molecule has 0 aromatic carbocycles. The SMILES string of the molecule is CCCNCC1CCc2nc(C3CSCCS3)ncc2C1. The fourth-order valence-corrected chi connectivity index (χ4v) is 5.65. The molecule has 1 N–H and O–H groups in total. The van der Waals surface area contributed by atoms with Gasteiger partial charge in [-0.25, -0.2) is 9.97 Å². The average molecular weight is 324 g/mol. The Bertz CT molecular complexity index is 461. The van der Waals surface area contributed by atoms with Crippen molar-refractivity contribution in [3.05, 3.63) is 23.3 Å². The van der Waals surface area contributed by atoms with Crippen LogP contribution in [-0.4, -0.2) is 40.3 Å². The molecule has 1 aliphatic heterocycles. The lowest BCUT2D eigenvalue weighted by molar-refractivity contribution is 0.419. The zero-order valence-electron chi connectivity index (χ0n) is 12.8. The van der Waals surface area contributed by atoms with Crippen molar-refractivity contribution >= 4 is 23.5 Å². The maximum absolute atomic E-state index is 4.90. The number of nitrogens with zero attached hydrogens (tertiary/aromatic N) is 2. The topological polar surface area (TPSA) is 37.8 Å². The second-order valence-electron chi connectivity index (χ2n) is 5.95. The van der Waals surface area contributed by atoms with E-state index in [4.69, 9.17) is 4.98 Å². The summed E-state index contributed by atoms with van der Waals surface area (Å²) in [5.41, 5.74) is 2.71. The van der Waals surface area contributed by atoms with Crippen LogP contribution in [0.2, 0.25) is 0 Å². The van der Waals surface area contributed by atoms with E-state index in [1.54, 1.807) is 0 Å². The summed E-state index contributed by atoms with van der Waals surface area (Å²) in [7, 11) is 0. The number of aryl methyl sites for hydroxylation is 1. The Balaban J connectivity index is 1.62. The van der Waals surface area contributed by atoms with Crippen LogP contribution in [0, 0.1) is 5.92 Å². The summed E-state index contributed by atoms with van der Waals surface area (Å²) < 4.78 is 0. The Morgan fingerprint density at radius 2 is 2.33 bits per heavy atom. The van der Waals surface area contributed by atoms with E-state index in [0.29, 0.717) is 5.25 Å². The fraction of sp³-hybridized carbons (Fsp3) is 0.750. The molecule has 0 amide bonds. The minimum absolute atomic E-state index is 0.512. The average Bonchev–Trinajstić information content (AvgIpc) is 2.55. The number of rotatable bonds is 5. The summed E-state index contributed by atoms with van der Waals surface area (Å²) >= 11 is 4.06. The highest BCUT2D eigenvalue weighted by molar-refractivity contribution is 8.06. The third-order valence-corrected chi connectivity index (χ3v) is 6.99. The quantitative estimate of drug-likeness (QED) is 0.843. The third kappa shape index (κ3) is 4.14.